The van der Waals surface area contributed by atoms with E-state index in [-0.39, 0.29) is 10.6 Å². The predicted molar refractivity (Wildman–Crippen MR) is 95.9 cm³/mol. The van der Waals surface area contributed by atoms with Crippen molar-refractivity contribution in [1.82, 2.24) is 0 Å². The van der Waals surface area contributed by atoms with Crippen LogP contribution in [0.15, 0.2) is 24.3 Å². The minimum atomic E-state index is -1.11. The SMILES string of the molecule is C[C@@H](Oc1c(C(=O)O)sc(C=O)c1C(C)(C)C)c1ccccc1Cl. The molecule has 0 aliphatic carbocycles. The Bertz CT molecular complexity index is 774. The van der Waals surface area contributed by atoms with Crippen LogP contribution in [0.2, 0.25) is 5.02 Å². The van der Waals surface area contributed by atoms with E-state index in [1.807, 2.05) is 39.0 Å². The van der Waals surface area contributed by atoms with Gasteiger partial charge in [0.25, 0.3) is 0 Å². The fourth-order valence-electron chi connectivity index (χ4n) is 2.52. The Hall–Kier alpha value is -1.85. The van der Waals surface area contributed by atoms with Gasteiger partial charge in [-0.3, -0.25) is 4.79 Å². The van der Waals surface area contributed by atoms with Crippen molar-refractivity contribution in [2.45, 2.75) is 39.2 Å². The molecule has 24 heavy (non-hydrogen) atoms. The van der Waals surface area contributed by atoms with E-state index in [2.05, 4.69) is 0 Å². The van der Waals surface area contributed by atoms with Gasteiger partial charge in [0, 0.05) is 16.1 Å². The van der Waals surface area contributed by atoms with Gasteiger partial charge < -0.3 is 9.84 Å². The molecular weight excluding hydrogens is 348 g/mol. The number of rotatable bonds is 5. The number of ether oxygens (including phenoxy) is 1. The van der Waals surface area contributed by atoms with Crippen LogP contribution in [0.3, 0.4) is 0 Å². The van der Waals surface area contributed by atoms with Crippen LogP contribution in [-0.4, -0.2) is 17.4 Å². The number of aromatic carboxylic acids is 1. The third kappa shape index (κ3) is 3.62. The molecule has 0 spiro atoms. The van der Waals surface area contributed by atoms with E-state index in [0.717, 1.165) is 16.9 Å². The Morgan fingerprint density at radius 1 is 1.33 bits per heavy atom. The maximum Gasteiger partial charge on any atom is 0.349 e. The largest absolute Gasteiger partial charge is 0.484 e. The molecule has 0 radical (unpaired) electrons. The van der Waals surface area contributed by atoms with E-state index in [1.165, 1.54) is 0 Å². The number of benzene rings is 1. The van der Waals surface area contributed by atoms with Gasteiger partial charge in [0.2, 0.25) is 0 Å². The number of carboxylic acids is 1. The summed E-state index contributed by atoms with van der Waals surface area (Å²) in [5.41, 5.74) is 0.934. The second-order valence-electron chi connectivity index (χ2n) is 6.45. The summed E-state index contributed by atoms with van der Waals surface area (Å²) in [5, 5.41) is 10.0. The lowest BCUT2D eigenvalue weighted by molar-refractivity contribution is 0.0695. The van der Waals surface area contributed by atoms with Crippen LogP contribution in [0.5, 0.6) is 5.75 Å². The van der Waals surface area contributed by atoms with Gasteiger partial charge in [0.05, 0.1) is 4.88 Å². The third-order valence-corrected chi connectivity index (χ3v) is 5.01. The zero-order valence-electron chi connectivity index (χ0n) is 13.9. The van der Waals surface area contributed by atoms with Crippen molar-refractivity contribution in [2.75, 3.05) is 0 Å². The Kier molecular flexibility index (Phi) is 5.35. The first-order valence-electron chi connectivity index (χ1n) is 7.43. The molecule has 0 saturated carbocycles. The maximum atomic E-state index is 11.6. The second kappa shape index (κ2) is 6.95. The van der Waals surface area contributed by atoms with Gasteiger partial charge in [0.1, 0.15) is 11.9 Å². The van der Waals surface area contributed by atoms with Crippen molar-refractivity contribution in [1.29, 1.82) is 0 Å². The summed E-state index contributed by atoms with van der Waals surface area (Å²) in [6, 6.07) is 7.24. The highest BCUT2D eigenvalue weighted by Crippen LogP contribution is 2.44. The fraction of sp³-hybridized carbons (Fsp3) is 0.333. The summed E-state index contributed by atoms with van der Waals surface area (Å²) in [7, 11) is 0. The molecule has 0 amide bonds. The molecule has 6 heteroatoms. The fourth-order valence-corrected chi connectivity index (χ4v) is 3.91. The quantitative estimate of drug-likeness (QED) is 0.724. The minimum Gasteiger partial charge on any atom is -0.484 e. The van der Waals surface area contributed by atoms with Crippen molar-refractivity contribution in [2.24, 2.45) is 0 Å². The number of carbonyl (C=O) groups excluding carboxylic acids is 1. The van der Waals surface area contributed by atoms with Crippen molar-refractivity contribution in [3.8, 4) is 5.75 Å². The Morgan fingerprint density at radius 3 is 2.46 bits per heavy atom. The highest BCUT2D eigenvalue weighted by Gasteiger charge is 2.32. The minimum absolute atomic E-state index is 0.0286. The Labute approximate surface area is 150 Å². The monoisotopic (exact) mass is 366 g/mol. The standard InChI is InChI=1S/C18H19ClO4S/c1-10(11-7-5-6-8-12(11)19)23-15-14(18(2,3)4)13(9-20)24-16(15)17(21)22/h5-10H,1-4H3,(H,21,22)/t10-/m1/s1. The van der Waals surface area contributed by atoms with Crippen LogP contribution in [-0.2, 0) is 5.41 Å². The lowest BCUT2D eigenvalue weighted by atomic mass is 9.86. The van der Waals surface area contributed by atoms with Gasteiger partial charge in [-0.25, -0.2) is 4.79 Å². The molecule has 1 heterocycles. The molecular formula is C18H19ClO4S. The Balaban J connectivity index is 2.56. The summed E-state index contributed by atoms with van der Waals surface area (Å²) < 4.78 is 6.00. The zero-order chi connectivity index (χ0) is 18.1. The second-order valence-corrected chi connectivity index (χ2v) is 7.91. The molecule has 128 valence electrons. The topological polar surface area (TPSA) is 63.6 Å². The molecule has 0 bridgehead atoms. The number of hydrogen-bond donors (Lipinski definition) is 1. The van der Waals surface area contributed by atoms with E-state index >= 15 is 0 Å². The summed E-state index contributed by atoms with van der Waals surface area (Å²) >= 11 is 7.14. The van der Waals surface area contributed by atoms with Gasteiger partial charge in [0.15, 0.2) is 11.2 Å². The van der Waals surface area contributed by atoms with E-state index in [0.29, 0.717) is 21.7 Å². The summed E-state index contributed by atoms with van der Waals surface area (Å²) in [6.07, 6.45) is 0.233. The van der Waals surface area contributed by atoms with Gasteiger partial charge in [-0.05, 0) is 18.4 Å². The summed E-state index contributed by atoms with van der Waals surface area (Å²) in [4.78, 5) is 23.4. The molecule has 1 aromatic heterocycles. The lowest BCUT2D eigenvalue weighted by Gasteiger charge is -2.23. The maximum absolute atomic E-state index is 11.6. The van der Waals surface area contributed by atoms with Crippen molar-refractivity contribution in [3.05, 3.63) is 50.2 Å². The average Bonchev–Trinajstić information content (AvgIpc) is 2.86. The van der Waals surface area contributed by atoms with Crippen LogP contribution in [0.1, 0.15) is 64.3 Å². The number of halogens is 1. The molecule has 0 aliphatic rings. The smallest absolute Gasteiger partial charge is 0.349 e. The van der Waals surface area contributed by atoms with Gasteiger partial charge in [-0.1, -0.05) is 50.6 Å². The van der Waals surface area contributed by atoms with Crippen molar-refractivity contribution >= 4 is 35.2 Å². The number of aldehydes is 1. The summed E-state index contributed by atoms with van der Waals surface area (Å²) in [5.74, 6) is -0.866. The number of carbonyl (C=O) groups is 2. The summed E-state index contributed by atoms with van der Waals surface area (Å²) in [6.45, 7) is 7.56. The Morgan fingerprint density at radius 2 is 1.96 bits per heavy atom. The van der Waals surface area contributed by atoms with Crippen molar-refractivity contribution < 1.29 is 19.4 Å². The molecule has 2 aromatic rings. The first kappa shape index (κ1) is 18.5. The molecule has 0 aliphatic heterocycles. The average molecular weight is 367 g/mol. The van der Waals surface area contributed by atoms with E-state index in [4.69, 9.17) is 16.3 Å². The first-order chi connectivity index (χ1) is 11.2. The van der Waals surface area contributed by atoms with Gasteiger partial charge >= 0.3 is 5.97 Å². The van der Waals surface area contributed by atoms with E-state index in [1.54, 1.807) is 13.0 Å². The van der Waals surface area contributed by atoms with E-state index in [9.17, 15) is 14.7 Å². The van der Waals surface area contributed by atoms with Crippen LogP contribution in [0.25, 0.3) is 0 Å². The molecule has 1 atom stereocenters. The highest BCUT2D eigenvalue weighted by atomic mass is 35.5. The highest BCUT2D eigenvalue weighted by molar-refractivity contribution is 7.16. The van der Waals surface area contributed by atoms with Crippen LogP contribution >= 0.6 is 22.9 Å². The van der Waals surface area contributed by atoms with E-state index < -0.39 is 17.5 Å². The molecule has 0 saturated heterocycles. The van der Waals surface area contributed by atoms with Crippen molar-refractivity contribution in [3.63, 3.8) is 0 Å². The molecule has 1 aromatic carbocycles. The molecule has 1 N–H and O–H groups in total. The number of hydrogen-bond acceptors (Lipinski definition) is 4. The molecule has 0 fully saturated rings. The van der Waals surface area contributed by atoms with Gasteiger partial charge in [-0.15, -0.1) is 11.3 Å². The zero-order valence-corrected chi connectivity index (χ0v) is 15.5. The van der Waals surface area contributed by atoms with Crippen LogP contribution in [0.4, 0.5) is 0 Å². The third-order valence-electron chi connectivity index (χ3n) is 3.58. The number of carboxylic acid groups (broad SMARTS) is 1. The lowest BCUT2D eigenvalue weighted by Crippen LogP contribution is -2.16. The van der Waals surface area contributed by atoms with Gasteiger partial charge in [-0.2, -0.15) is 0 Å². The first-order valence-corrected chi connectivity index (χ1v) is 8.63. The van der Waals surface area contributed by atoms with Crippen LogP contribution < -0.4 is 4.74 Å². The number of thiophene rings is 1. The normalized spacial score (nSPS) is 12.7. The molecule has 2 rings (SSSR count). The van der Waals surface area contributed by atoms with Crippen LogP contribution in [0, 0.1) is 0 Å². The molecule has 0 unspecified atom stereocenters. The predicted octanol–water partition coefficient (Wildman–Crippen LogP) is 5.35. The molecule has 4 nitrogen and oxygen atoms in total.